The molecule has 1 aliphatic carbocycles. The molecule has 3 aromatic carbocycles. The normalized spacial score (nSPS) is 16.2. The predicted molar refractivity (Wildman–Crippen MR) is 179 cm³/mol. The number of nitrogens with two attached hydrogens (primary N) is 2. The third-order valence-corrected chi connectivity index (χ3v) is 9.44. The molecule has 46 heavy (non-hydrogen) atoms. The van der Waals surface area contributed by atoms with Crippen molar-refractivity contribution in [1.29, 1.82) is 0 Å². The lowest BCUT2D eigenvalue weighted by atomic mass is 9.60. The minimum absolute atomic E-state index is 0.0548. The Morgan fingerprint density at radius 3 is 2.13 bits per heavy atom. The van der Waals surface area contributed by atoms with Crippen molar-refractivity contribution in [2.45, 2.75) is 76.9 Å². The summed E-state index contributed by atoms with van der Waals surface area (Å²) in [6.07, 6.45) is 4.20. The smallest absolute Gasteiger partial charge is 0.404 e. The van der Waals surface area contributed by atoms with Crippen molar-refractivity contribution in [3.8, 4) is 16.9 Å². The molecular weight excluding hydrogens is 606 g/mol. The highest BCUT2D eigenvalue weighted by Crippen LogP contribution is 2.48. The third-order valence-electron chi connectivity index (χ3n) is 8.88. The minimum Gasteiger partial charge on any atom is -0.490 e. The maximum Gasteiger partial charge on any atom is 0.404 e. The summed E-state index contributed by atoms with van der Waals surface area (Å²) in [5.74, 6) is -0.431. The van der Waals surface area contributed by atoms with E-state index in [1.165, 1.54) is 0 Å². The van der Waals surface area contributed by atoms with E-state index in [1.54, 1.807) is 42.5 Å². The van der Waals surface area contributed by atoms with Crippen LogP contribution >= 0.6 is 0 Å². The maximum atomic E-state index is 12.9. The van der Waals surface area contributed by atoms with Crippen molar-refractivity contribution in [2.75, 3.05) is 18.6 Å². The van der Waals surface area contributed by atoms with Gasteiger partial charge in [0.2, 0.25) is 10.0 Å². The fraction of sp³-hybridized carbons (Fsp3) is 0.429. The van der Waals surface area contributed by atoms with E-state index >= 15 is 0 Å². The number of nitrogen functional groups attached to an aromatic ring is 1. The van der Waals surface area contributed by atoms with E-state index in [0.29, 0.717) is 17.0 Å². The molecule has 4 rings (SSSR count). The lowest BCUT2D eigenvalue weighted by molar-refractivity contribution is 0.0224. The number of sulfonamides is 1. The summed E-state index contributed by atoms with van der Waals surface area (Å²) in [6, 6.07) is 19.8. The fourth-order valence-electron chi connectivity index (χ4n) is 6.13. The van der Waals surface area contributed by atoms with Gasteiger partial charge in [-0.2, -0.15) is 0 Å². The van der Waals surface area contributed by atoms with Gasteiger partial charge in [0.1, 0.15) is 12.4 Å². The number of hydrogen-bond donors (Lipinski definition) is 4. The van der Waals surface area contributed by atoms with Crippen molar-refractivity contribution in [1.82, 2.24) is 4.72 Å². The zero-order valence-electron chi connectivity index (χ0n) is 26.9. The molecule has 11 heteroatoms. The molecule has 0 aliphatic heterocycles. The molecule has 0 radical (unpaired) electrons. The van der Waals surface area contributed by atoms with Gasteiger partial charge in [-0.05, 0) is 84.0 Å². The largest absolute Gasteiger partial charge is 0.490 e. The Hall–Kier alpha value is -4.09. The number of anilines is 1. The molecule has 1 fully saturated rings. The second-order valence-electron chi connectivity index (χ2n) is 13.2. The number of aliphatic hydroxyl groups is 1. The van der Waals surface area contributed by atoms with Crippen LogP contribution in [-0.4, -0.2) is 44.5 Å². The molecule has 6 N–H and O–H groups in total. The van der Waals surface area contributed by atoms with Crippen LogP contribution in [0, 0.1) is 5.41 Å². The molecule has 0 saturated heterocycles. The lowest BCUT2D eigenvalue weighted by Crippen LogP contribution is -2.46. The van der Waals surface area contributed by atoms with Crippen LogP contribution in [0.5, 0.6) is 5.75 Å². The predicted octanol–water partition coefficient (Wildman–Crippen LogP) is 5.84. The van der Waals surface area contributed by atoms with Crippen LogP contribution in [0.4, 0.5) is 10.5 Å². The SMILES string of the molecule is CC(C)(C)C(COC(N)=O)(C[C@@H](O)c1ccc(N)cc1)c1ccc(-c2ccc(C(=O)NS(C)(=O)=O)c(OC3CCCCC3)c2)cc1. The number of hydrogen-bond acceptors (Lipinski definition) is 8. The molecule has 0 aromatic heterocycles. The van der Waals surface area contributed by atoms with Gasteiger partial charge >= 0.3 is 6.09 Å². The van der Waals surface area contributed by atoms with Crippen molar-refractivity contribution in [3.63, 3.8) is 0 Å². The first-order valence-corrected chi connectivity index (χ1v) is 17.4. The van der Waals surface area contributed by atoms with Crippen molar-refractivity contribution >= 4 is 27.7 Å². The molecular formula is C35H45N3O7S. The third kappa shape index (κ3) is 8.58. The monoisotopic (exact) mass is 651 g/mol. The summed E-state index contributed by atoms with van der Waals surface area (Å²) in [5.41, 5.74) is 13.8. The molecule has 0 spiro atoms. The molecule has 3 aromatic rings. The van der Waals surface area contributed by atoms with Crippen molar-refractivity contribution in [2.24, 2.45) is 11.1 Å². The zero-order chi connectivity index (χ0) is 33.7. The summed E-state index contributed by atoms with van der Waals surface area (Å²) in [7, 11) is -3.77. The summed E-state index contributed by atoms with van der Waals surface area (Å²) in [6.45, 7) is 6.02. The summed E-state index contributed by atoms with van der Waals surface area (Å²) in [4.78, 5) is 24.7. The van der Waals surface area contributed by atoms with E-state index in [2.05, 4.69) is 0 Å². The number of primary amides is 1. The number of aliphatic hydroxyl groups excluding tert-OH is 1. The molecule has 2 amide bonds. The van der Waals surface area contributed by atoms with Gasteiger partial charge in [0.05, 0.1) is 24.0 Å². The first kappa shape index (κ1) is 34.8. The van der Waals surface area contributed by atoms with E-state index in [1.807, 2.05) is 49.8 Å². The zero-order valence-corrected chi connectivity index (χ0v) is 27.7. The molecule has 248 valence electrons. The Morgan fingerprint density at radius 2 is 1.57 bits per heavy atom. The molecule has 1 aliphatic rings. The number of nitrogens with one attached hydrogen (secondary N) is 1. The number of rotatable bonds is 11. The van der Waals surface area contributed by atoms with Gasteiger partial charge in [0.25, 0.3) is 5.91 Å². The second kappa shape index (κ2) is 14.1. The molecule has 10 nitrogen and oxygen atoms in total. The highest BCUT2D eigenvalue weighted by Gasteiger charge is 2.46. The number of carbonyl (C=O) groups is 2. The van der Waals surface area contributed by atoms with Gasteiger partial charge in [-0.25, -0.2) is 17.9 Å². The molecule has 1 saturated carbocycles. The van der Waals surface area contributed by atoms with Crippen molar-refractivity contribution in [3.05, 3.63) is 83.4 Å². The number of benzene rings is 3. The fourth-order valence-corrected chi connectivity index (χ4v) is 6.58. The average Bonchev–Trinajstić information content (AvgIpc) is 2.98. The number of ether oxygens (including phenoxy) is 2. The van der Waals surface area contributed by atoms with Crippen LogP contribution in [0.25, 0.3) is 11.1 Å². The van der Waals surface area contributed by atoms with Crippen LogP contribution in [0.3, 0.4) is 0 Å². The molecule has 2 atom stereocenters. The topological polar surface area (TPSA) is 171 Å². The van der Waals surface area contributed by atoms with Crippen LogP contribution in [0.2, 0.25) is 0 Å². The van der Waals surface area contributed by atoms with Gasteiger partial charge < -0.3 is 26.0 Å². The van der Waals surface area contributed by atoms with E-state index in [9.17, 15) is 23.1 Å². The summed E-state index contributed by atoms with van der Waals surface area (Å²) in [5, 5.41) is 11.4. The Bertz CT molecular complexity index is 1630. The van der Waals surface area contributed by atoms with Crippen LogP contribution in [0.1, 0.15) is 86.9 Å². The standard InChI is InChI=1S/C35H45N3O7S/c1-34(2,3)35(22-44-33(37)41,21-30(39)24-12-17-27(36)18-13-24)26-15-10-23(11-16-26)25-14-19-29(32(40)38-46(4,42)43)31(20-25)45-28-8-6-5-7-9-28/h10-20,28,30,39H,5-9,21-22,36H2,1-4H3,(H2,37,41)(H,38,40)/t30-,35?/m1/s1. The Morgan fingerprint density at radius 1 is 0.957 bits per heavy atom. The Kier molecular flexibility index (Phi) is 10.7. The van der Waals surface area contributed by atoms with E-state index in [-0.39, 0.29) is 24.7 Å². The van der Waals surface area contributed by atoms with Gasteiger partial charge in [-0.1, -0.05) is 69.7 Å². The highest BCUT2D eigenvalue weighted by molar-refractivity contribution is 7.89. The van der Waals surface area contributed by atoms with Crippen molar-refractivity contribution < 1.29 is 32.6 Å². The minimum atomic E-state index is -3.77. The quantitative estimate of drug-likeness (QED) is 0.187. The molecule has 1 unspecified atom stereocenters. The van der Waals surface area contributed by atoms with Gasteiger partial charge in [-0.15, -0.1) is 0 Å². The Labute approximate surface area is 271 Å². The van der Waals surface area contributed by atoms with Gasteiger partial charge in [0.15, 0.2) is 0 Å². The second-order valence-corrected chi connectivity index (χ2v) is 14.9. The molecule has 0 bridgehead atoms. The van der Waals surface area contributed by atoms with E-state index in [0.717, 1.165) is 55.1 Å². The van der Waals surface area contributed by atoms with Gasteiger partial charge in [0, 0.05) is 11.1 Å². The maximum absolute atomic E-state index is 12.9. The van der Waals surface area contributed by atoms with Crippen LogP contribution < -0.4 is 20.9 Å². The molecule has 0 heterocycles. The highest BCUT2D eigenvalue weighted by atomic mass is 32.2. The van der Waals surface area contributed by atoms with E-state index < -0.39 is 39.0 Å². The first-order valence-electron chi connectivity index (χ1n) is 15.5. The first-order chi connectivity index (χ1) is 21.6. The number of amides is 2. The van der Waals surface area contributed by atoms with Gasteiger partial charge in [-0.3, -0.25) is 4.79 Å². The average molecular weight is 652 g/mol. The number of carbonyl (C=O) groups excluding carboxylic acids is 2. The van der Waals surface area contributed by atoms with E-state index in [4.69, 9.17) is 20.9 Å². The van der Waals surface area contributed by atoms with Crippen LogP contribution in [0.15, 0.2) is 66.7 Å². The lowest BCUT2D eigenvalue weighted by Gasteiger charge is -2.46. The Balaban J connectivity index is 1.73. The summed E-state index contributed by atoms with van der Waals surface area (Å²) >= 11 is 0. The van der Waals surface area contributed by atoms with Crippen LogP contribution in [-0.2, 0) is 20.2 Å². The summed E-state index contributed by atoms with van der Waals surface area (Å²) < 4.78 is 37.4.